The molecule has 0 bridgehead atoms. The summed E-state index contributed by atoms with van der Waals surface area (Å²) in [6, 6.07) is 17.5. The number of carboxylic acid groups (broad SMARTS) is 1. The second-order valence-electron chi connectivity index (χ2n) is 9.91. The molecule has 4 aromatic rings. The van der Waals surface area contributed by atoms with Crippen LogP contribution >= 0.6 is 0 Å². The summed E-state index contributed by atoms with van der Waals surface area (Å²) in [6.45, 7) is 5.18. The molecular formula is C29H31N5O3. The number of fused-ring (bicyclic) bond motifs is 1. The molecule has 1 unspecified atom stereocenters. The highest BCUT2D eigenvalue weighted by Crippen LogP contribution is 2.29. The van der Waals surface area contributed by atoms with E-state index in [1.54, 1.807) is 6.20 Å². The van der Waals surface area contributed by atoms with Gasteiger partial charge < -0.3 is 10.0 Å². The Hall–Kier alpha value is -4.07. The maximum atomic E-state index is 13.6. The van der Waals surface area contributed by atoms with Gasteiger partial charge in [-0.1, -0.05) is 12.1 Å². The largest absolute Gasteiger partial charge is 0.481 e. The first kappa shape index (κ1) is 24.6. The van der Waals surface area contributed by atoms with Crippen LogP contribution in [0.1, 0.15) is 47.8 Å². The number of hydrogen-bond donors (Lipinski definition) is 1. The summed E-state index contributed by atoms with van der Waals surface area (Å²) in [5.41, 5.74) is 5.16. The SMILES string of the molecule is Cc1cc(C)n(-c2cccc(C(CC(=O)O)C(=O)N3CC[C@@H](CCc4ccc5cccnc5n4)C3)c2)n1. The molecule has 2 atom stereocenters. The molecule has 0 saturated carbocycles. The highest BCUT2D eigenvalue weighted by Gasteiger charge is 2.33. The number of likely N-dealkylation sites (tertiary alicyclic amines) is 1. The number of rotatable bonds is 8. The van der Waals surface area contributed by atoms with E-state index in [9.17, 15) is 14.7 Å². The van der Waals surface area contributed by atoms with Gasteiger partial charge in [-0.25, -0.2) is 14.6 Å². The highest BCUT2D eigenvalue weighted by atomic mass is 16.4. The number of aromatic nitrogens is 4. The van der Waals surface area contributed by atoms with Crippen molar-refractivity contribution in [3.63, 3.8) is 0 Å². The number of aryl methyl sites for hydroxylation is 3. The second-order valence-corrected chi connectivity index (χ2v) is 9.91. The lowest BCUT2D eigenvalue weighted by Gasteiger charge is -2.23. The zero-order valence-corrected chi connectivity index (χ0v) is 21.2. The predicted molar refractivity (Wildman–Crippen MR) is 141 cm³/mol. The standard InChI is InChI=1S/C29H31N5O3/c1-19-15-20(2)34(32-19)25-7-3-5-23(16-25)26(17-27(35)36)29(37)33-14-12-21(18-33)8-10-24-11-9-22-6-4-13-30-28(22)31-24/h3-7,9,11,13,15-16,21,26H,8,10,12,14,17-18H2,1-2H3,(H,35,36)/t21-,26?/m1/s1. The van der Waals surface area contributed by atoms with Crippen molar-refractivity contribution in [2.75, 3.05) is 13.1 Å². The molecule has 1 aliphatic heterocycles. The van der Waals surface area contributed by atoms with E-state index in [-0.39, 0.29) is 12.3 Å². The molecule has 37 heavy (non-hydrogen) atoms. The van der Waals surface area contributed by atoms with Crippen molar-refractivity contribution < 1.29 is 14.7 Å². The van der Waals surface area contributed by atoms with E-state index in [1.165, 1.54) is 0 Å². The van der Waals surface area contributed by atoms with Gasteiger partial charge in [0.1, 0.15) is 0 Å². The molecule has 1 aliphatic rings. The average Bonchev–Trinajstić information content (AvgIpc) is 3.51. The van der Waals surface area contributed by atoms with E-state index in [2.05, 4.69) is 15.1 Å². The maximum Gasteiger partial charge on any atom is 0.304 e. The molecule has 0 spiro atoms. The minimum Gasteiger partial charge on any atom is -0.481 e. The van der Waals surface area contributed by atoms with Gasteiger partial charge in [0.05, 0.1) is 23.7 Å². The van der Waals surface area contributed by atoms with Crippen LogP contribution in [0.3, 0.4) is 0 Å². The Bertz CT molecular complexity index is 1450. The molecule has 0 aliphatic carbocycles. The first-order valence-electron chi connectivity index (χ1n) is 12.7. The fourth-order valence-corrected chi connectivity index (χ4v) is 5.26. The number of carbonyl (C=O) groups excluding carboxylic acids is 1. The van der Waals surface area contributed by atoms with E-state index in [1.807, 2.05) is 78.0 Å². The Balaban J connectivity index is 1.27. The first-order valence-corrected chi connectivity index (χ1v) is 12.7. The lowest BCUT2D eigenvalue weighted by molar-refractivity contribution is -0.141. The minimum absolute atomic E-state index is 0.122. The molecule has 1 saturated heterocycles. The van der Waals surface area contributed by atoms with Gasteiger partial charge in [-0.2, -0.15) is 5.10 Å². The monoisotopic (exact) mass is 497 g/mol. The van der Waals surface area contributed by atoms with Crippen LogP contribution in [0.25, 0.3) is 16.7 Å². The van der Waals surface area contributed by atoms with Gasteiger partial charge in [0.25, 0.3) is 0 Å². The fourth-order valence-electron chi connectivity index (χ4n) is 5.26. The Morgan fingerprint density at radius 2 is 1.97 bits per heavy atom. The fraction of sp³-hybridized carbons (Fsp3) is 0.345. The van der Waals surface area contributed by atoms with Gasteiger partial charge >= 0.3 is 5.97 Å². The van der Waals surface area contributed by atoms with Crippen LogP contribution in [0.5, 0.6) is 0 Å². The molecule has 8 nitrogen and oxygen atoms in total. The summed E-state index contributed by atoms with van der Waals surface area (Å²) >= 11 is 0. The van der Waals surface area contributed by atoms with Crippen LogP contribution < -0.4 is 0 Å². The van der Waals surface area contributed by atoms with E-state index >= 15 is 0 Å². The van der Waals surface area contributed by atoms with Gasteiger partial charge in [0.2, 0.25) is 5.91 Å². The van der Waals surface area contributed by atoms with Crippen molar-refractivity contribution >= 4 is 22.9 Å². The Kier molecular flexibility index (Phi) is 6.99. The average molecular weight is 498 g/mol. The van der Waals surface area contributed by atoms with E-state index in [0.717, 1.165) is 53.1 Å². The van der Waals surface area contributed by atoms with Crippen LogP contribution in [0.15, 0.2) is 60.8 Å². The summed E-state index contributed by atoms with van der Waals surface area (Å²) in [5, 5.41) is 15.2. The molecule has 1 aromatic carbocycles. The van der Waals surface area contributed by atoms with Crippen LogP contribution in [0.2, 0.25) is 0 Å². The highest BCUT2D eigenvalue weighted by molar-refractivity contribution is 5.88. The number of carbonyl (C=O) groups is 2. The van der Waals surface area contributed by atoms with Crippen molar-refractivity contribution in [1.29, 1.82) is 0 Å². The van der Waals surface area contributed by atoms with Gasteiger partial charge in [-0.05, 0) is 87.1 Å². The molecule has 4 heterocycles. The number of pyridine rings is 2. The first-order chi connectivity index (χ1) is 17.9. The molecule has 8 heteroatoms. The zero-order chi connectivity index (χ0) is 25.9. The topological polar surface area (TPSA) is 101 Å². The third-order valence-corrected chi connectivity index (χ3v) is 7.13. The third kappa shape index (κ3) is 5.53. The maximum absolute atomic E-state index is 13.6. The van der Waals surface area contributed by atoms with Crippen molar-refractivity contribution in [2.45, 2.75) is 45.4 Å². The lowest BCUT2D eigenvalue weighted by atomic mass is 9.93. The Morgan fingerprint density at radius 1 is 1.11 bits per heavy atom. The Morgan fingerprint density at radius 3 is 2.76 bits per heavy atom. The number of benzene rings is 1. The van der Waals surface area contributed by atoms with Gasteiger partial charge in [0, 0.05) is 36.1 Å². The quantitative estimate of drug-likeness (QED) is 0.385. The minimum atomic E-state index is -0.985. The van der Waals surface area contributed by atoms with E-state index < -0.39 is 11.9 Å². The van der Waals surface area contributed by atoms with E-state index in [4.69, 9.17) is 0 Å². The van der Waals surface area contributed by atoms with Crippen LogP contribution in [-0.2, 0) is 16.0 Å². The molecule has 5 rings (SSSR count). The van der Waals surface area contributed by atoms with Gasteiger partial charge in [-0.3, -0.25) is 9.59 Å². The van der Waals surface area contributed by atoms with Gasteiger partial charge in [0.15, 0.2) is 5.65 Å². The van der Waals surface area contributed by atoms with Crippen molar-refractivity contribution in [1.82, 2.24) is 24.6 Å². The van der Waals surface area contributed by atoms with Crippen molar-refractivity contribution in [2.24, 2.45) is 5.92 Å². The molecule has 1 fully saturated rings. The van der Waals surface area contributed by atoms with Crippen molar-refractivity contribution in [3.05, 3.63) is 83.4 Å². The molecule has 1 amide bonds. The third-order valence-electron chi connectivity index (χ3n) is 7.13. The van der Waals surface area contributed by atoms with Crippen LogP contribution in [0.4, 0.5) is 0 Å². The van der Waals surface area contributed by atoms with E-state index in [0.29, 0.717) is 24.6 Å². The summed E-state index contributed by atoms with van der Waals surface area (Å²) in [7, 11) is 0. The number of amides is 1. The number of carboxylic acids is 1. The molecule has 3 aromatic heterocycles. The summed E-state index contributed by atoms with van der Waals surface area (Å²) in [5.74, 6) is -1.48. The van der Waals surface area contributed by atoms with Crippen LogP contribution in [-0.4, -0.2) is 54.7 Å². The summed E-state index contributed by atoms with van der Waals surface area (Å²) in [6.07, 6.45) is 4.16. The Labute approximate surface area is 216 Å². The molecule has 0 radical (unpaired) electrons. The number of hydrogen-bond acceptors (Lipinski definition) is 5. The predicted octanol–water partition coefficient (Wildman–Crippen LogP) is 4.47. The molecule has 190 valence electrons. The van der Waals surface area contributed by atoms with Crippen molar-refractivity contribution in [3.8, 4) is 5.69 Å². The molecule has 1 N–H and O–H groups in total. The summed E-state index contributed by atoms with van der Waals surface area (Å²) in [4.78, 5) is 36.2. The zero-order valence-electron chi connectivity index (χ0n) is 21.2. The lowest BCUT2D eigenvalue weighted by Crippen LogP contribution is -2.34. The second kappa shape index (κ2) is 10.5. The number of nitrogens with zero attached hydrogens (tertiary/aromatic N) is 5. The smallest absolute Gasteiger partial charge is 0.304 e. The summed E-state index contributed by atoms with van der Waals surface area (Å²) < 4.78 is 1.82. The molecular weight excluding hydrogens is 466 g/mol. The normalized spacial score (nSPS) is 16.3. The number of aliphatic carboxylic acids is 1. The van der Waals surface area contributed by atoms with Gasteiger partial charge in [-0.15, -0.1) is 0 Å². The van der Waals surface area contributed by atoms with Crippen LogP contribution in [0, 0.1) is 19.8 Å².